The number of hydrogen-bond acceptors (Lipinski definition) is 13. The van der Waals surface area contributed by atoms with E-state index in [1.165, 1.54) is 0 Å². The maximum atomic E-state index is 11.5. The van der Waals surface area contributed by atoms with Gasteiger partial charge in [0.1, 0.15) is 12.1 Å². The van der Waals surface area contributed by atoms with Crippen molar-refractivity contribution in [2.24, 2.45) is 0 Å². The van der Waals surface area contributed by atoms with E-state index in [4.69, 9.17) is 0 Å². The van der Waals surface area contributed by atoms with Crippen molar-refractivity contribution in [2.45, 2.75) is 74.0 Å². The zero-order valence-corrected chi connectivity index (χ0v) is 15.5. The van der Waals surface area contributed by atoms with E-state index < -0.39 is 104 Å². The Labute approximate surface area is 170 Å². The topological polar surface area (TPSA) is 271 Å². The molecule has 4 unspecified atom stereocenters. The molecule has 2 saturated carbocycles. The first-order valence-electron chi connectivity index (χ1n) is 8.92. The van der Waals surface area contributed by atoms with E-state index in [9.17, 15) is 60.7 Å². The van der Waals surface area contributed by atoms with Crippen molar-refractivity contribution in [2.75, 3.05) is 0 Å². The standard InChI is InChI=1S/C12H17N7O12/c20-14(21)5-1-7(16(24)25)11(8(2-5)17(26)27)13-12-9(18(28)29)3-6(15(22)23)4-10(12)19(30)31/h5-13H,1-4H2. The molecule has 19 heteroatoms. The molecule has 31 heavy (non-hydrogen) atoms. The molecular weight excluding hydrogens is 434 g/mol. The molecule has 0 spiro atoms. The summed E-state index contributed by atoms with van der Waals surface area (Å²) in [5.41, 5.74) is 0. The lowest BCUT2D eigenvalue weighted by Gasteiger charge is -2.36. The fourth-order valence-electron chi connectivity index (χ4n) is 4.29. The molecule has 19 nitrogen and oxygen atoms in total. The first-order chi connectivity index (χ1) is 14.3. The summed E-state index contributed by atoms with van der Waals surface area (Å²) in [5, 5.41) is 70.3. The summed E-state index contributed by atoms with van der Waals surface area (Å²) >= 11 is 0. The molecule has 0 radical (unpaired) electrons. The van der Waals surface area contributed by atoms with Crippen LogP contribution in [0.1, 0.15) is 25.7 Å². The second kappa shape index (κ2) is 9.02. The first-order valence-corrected chi connectivity index (χ1v) is 8.92. The predicted molar refractivity (Wildman–Crippen MR) is 93.9 cm³/mol. The van der Waals surface area contributed by atoms with Crippen LogP contribution in [0.15, 0.2) is 0 Å². The number of nitrogens with zero attached hydrogens (tertiary/aromatic N) is 6. The largest absolute Gasteiger partial charge is 0.287 e. The van der Waals surface area contributed by atoms with Crippen LogP contribution in [-0.4, -0.2) is 77.9 Å². The van der Waals surface area contributed by atoms with E-state index in [1.54, 1.807) is 0 Å². The van der Waals surface area contributed by atoms with Gasteiger partial charge in [-0.15, -0.1) is 0 Å². The summed E-state index contributed by atoms with van der Waals surface area (Å²) in [7, 11) is 0. The van der Waals surface area contributed by atoms with Crippen molar-refractivity contribution in [3.05, 3.63) is 60.7 Å². The smallest absolute Gasteiger partial charge is 0.241 e. The van der Waals surface area contributed by atoms with E-state index in [-0.39, 0.29) is 0 Å². The Bertz CT molecular complexity index is 695. The number of nitro groups is 6. The monoisotopic (exact) mass is 451 g/mol. The van der Waals surface area contributed by atoms with Crippen molar-refractivity contribution in [3.63, 3.8) is 0 Å². The summed E-state index contributed by atoms with van der Waals surface area (Å²) in [5.74, 6) is 0. The van der Waals surface area contributed by atoms with Gasteiger partial charge >= 0.3 is 0 Å². The molecule has 2 fully saturated rings. The lowest BCUT2D eigenvalue weighted by atomic mass is 9.79. The van der Waals surface area contributed by atoms with E-state index in [0.717, 1.165) is 0 Å². The van der Waals surface area contributed by atoms with Gasteiger partial charge in [-0.3, -0.25) is 66.0 Å². The van der Waals surface area contributed by atoms with E-state index in [1.807, 2.05) is 0 Å². The molecule has 0 saturated heterocycles. The molecular formula is C12H17N7O12. The van der Waals surface area contributed by atoms with Gasteiger partial charge in [0.15, 0.2) is 0 Å². The van der Waals surface area contributed by atoms with Gasteiger partial charge in [-0.05, 0) is 0 Å². The molecule has 0 aromatic heterocycles. The average Bonchev–Trinajstić information content (AvgIpc) is 2.66. The van der Waals surface area contributed by atoms with E-state index in [0.29, 0.717) is 0 Å². The fraction of sp³-hybridized carbons (Fsp3) is 1.00. The van der Waals surface area contributed by atoms with Crippen molar-refractivity contribution in [1.82, 2.24) is 5.32 Å². The normalized spacial score (nSPS) is 35.6. The summed E-state index contributed by atoms with van der Waals surface area (Å²) in [6.45, 7) is 0. The molecule has 0 amide bonds. The van der Waals surface area contributed by atoms with Crippen LogP contribution in [0.2, 0.25) is 0 Å². The zero-order chi connectivity index (χ0) is 23.6. The zero-order valence-electron chi connectivity index (χ0n) is 15.5. The Hall–Kier alpha value is -3.64. The van der Waals surface area contributed by atoms with Crippen molar-refractivity contribution in [1.29, 1.82) is 0 Å². The summed E-state index contributed by atoms with van der Waals surface area (Å²) < 4.78 is 0. The summed E-state index contributed by atoms with van der Waals surface area (Å²) in [6, 6.07) is -14.5. The predicted octanol–water partition coefficient (Wildman–Crippen LogP) is -1.23. The minimum absolute atomic E-state index is 0.724. The highest BCUT2D eigenvalue weighted by Crippen LogP contribution is 2.30. The van der Waals surface area contributed by atoms with Crippen LogP contribution in [0.25, 0.3) is 0 Å². The van der Waals surface area contributed by atoms with Crippen molar-refractivity contribution >= 4 is 0 Å². The number of hydrogen-bond donors (Lipinski definition) is 1. The van der Waals surface area contributed by atoms with E-state index in [2.05, 4.69) is 5.32 Å². The molecule has 172 valence electrons. The molecule has 0 bridgehead atoms. The molecule has 2 aliphatic carbocycles. The molecule has 0 aromatic rings. The lowest BCUT2D eigenvalue weighted by molar-refractivity contribution is -0.618. The number of rotatable bonds is 8. The van der Waals surface area contributed by atoms with Crippen molar-refractivity contribution < 1.29 is 29.5 Å². The summed E-state index contributed by atoms with van der Waals surface area (Å²) in [6.07, 6.45) is -2.89. The Morgan fingerprint density at radius 3 is 0.839 bits per heavy atom. The summed E-state index contributed by atoms with van der Waals surface area (Å²) in [4.78, 5) is 62.2. The van der Waals surface area contributed by atoms with Gasteiger partial charge in [0, 0.05) is 29.5 Å². The SMILES string of the molecule is O=[N+]([O-])C1CC([N+](=O)[O-])C(NC2C([N+](=O)[O-])CC([N+](=O)[O-])CC2[N+](=O)[O-])C([N+](=O)[O-])C1. The van der Waals surface area contributed by atoms with Gasteiger partial charge in [-0.25, -0.2) is 0 Å². The highest BCUT2D eigenvalue weighted by Gasteiger charge is 2.60. The second-order valence-electron chi connectivity index (χ2n) is 7.45. The molecule has 1 N–H and O–H groups in total. The Kier molecular flexibility index (Phi) is 6.88. The van der Waals surface area contributed by atoms with Gasteiger partial charge in [0.05, 0.1) is 25.7 Å². The van der Waals surface area contributed by atoms with Crippen molar-refractivity contribution in [3.8, 4) is 0 Å². The molecule has 0 aliphatic heterocycles. The first kappa shape index (κ1) is 23.6. The number of nitrogens with one attached hydrogen (secondary N) is 1. The van der Waals surface area contributed by atoms with Gasteiger partial charge < -0.3 is 0 Å². The molecule has 4 atom stereocenters. The fourth-order valence-corrected chi connectivity index (χ4v) is 4.29. The van der Waals surface area contributed by atoms with Crippen LogP contribution in [0.4, 0.5) is 0 Å². The molecule has 0 aromatic carbocycles. The quantitative estimate of drug-likeness (QED) is 0.335. The van der Waals surface area contributed by atoms with Gasteiger partial charge in [0.25, 0.3) is 0 Å². The second-order valence-corrected chi connectivity index (χ2v) is 7.45. The highest BCUT2D eigenvalue weighted by molar-refractivity contribution is 4.99. The molecule has 2 aliphatic rings. The van der Waals surface area contributed by atoms with Gasteiger partial charge in [0.2, 0.25) is 36.3 Å². The van der Waals surface area contributed by atoms with Crippen LogP contribution in [0, 0.1) is 60.7 Å². The van der Waals surface area contributed by atoms with Crippen LogP contribution in [0.5, 0.6) is 0 Å². The van der Waals surface area contributed by atoms with Crippen LogP contribution in [-0.2, 0) is 0 Å². The molecule has 0 heterocycles. The maximum Gasteiger partial charge on any atom is 0.241 e. The third kappa shape index (κ3) is 4.92. The minimum Gasteiger partial charge on any atom is -0.287 e. The third-order valence-corrected chi connectivity index (χ3v) is 5.78. The van der Waals surface area contributed by atoms with Crippen LogP contribution in [0.3, 0.4) is 0 Å². The van der Waals surface area contributed by atoms with Crippen LogP contribution < -0.4 is 5.32 Å². The highest BCUT2D eigenvalue weighted by atomic mass is 16.7. The van der Waals surface area contributed by atoms with Gasteiger partial charge in [-0.1, -0.05) is 0 Å². The minimum atomic E-state index is -1.92. The molecule has 2 rings (SSSR count). The van der Waals surface area contributed by atoms with E-state index >= 15 is 0 Å². The Morgan fingerprint density at radius 2 is 0.677 bits per heavy atom. The Balaban J connectivity index is 2.45. The van der Waals surface area contributed by atoms with Crippen LogP contribution >= 0.6 is 0 Å². The average molecular weight is 451 g/mol. The third-order valence-electron chi connectivity index (χ3n) is 5.78. The maximum absolute atomic E-state index is 11.5. The Morgan fingerprint density at radius 1 is 0.452 bits per heavy atom. The van der Waals surface area contributed by atoms with Gasteiger partial charge in [-0.2, -0.15) is 0 Å². The lowest BCUT2D eigenvalue weighted by Crippen LogP contribution is -2.68.